The molecule has 0 saturated carbocycles. The van der Waals surface area contributed by atoms with E-state index in [-0.39, 0.29) is 10.9 Å². The van der Waals surface area contributed by atoms with Crippen molar-refractivity contribution >= 4 is 21.7 Å². The second kappa shape index (κ2) is 6.44. The minimum Gasteiger partial charge on any atom is -0.325 e. The molecule has 116 valence electrons. The van der Waals surface area contributed by atoms with Crippen LogP contribution in [0.2, 0.25) is 0 Å². The number of nitrogens with two attached hydrogens (primary N) is 1. The van der Waals surface area contributed by atoms with Gasteiger partial charge in [-0.3, -0.25) is 0 Å². The third-order valence-electron chi connectivity index (χ3n) is 3.73. The molecule has 1 aliphatic rings. The fourth-order valence-corrected chi connectivity index (χ4v) is 3.33. The highest BCUT2D eigenvalue weighted by Crippen LogP contribution is 2.22. The van der Waals surface area contributed by atoms with Gasteiger partial charge in [0.25, 0.3) is 0 Å². The van der Waals surface area contributed by atoms with Crippen LogP contribution in [0.1, 0.15) is 31.2 Å². The molecule has 0 atom stereocenters. The summed E-state index contributed by atoms with van der Waals surface area (Å²) in [5.74, 6) is 0. The molecule has 2 rings (SSSR count). The monoisotopic (exact) mass is 311 g/mol. The molecule has 3 N–H and O–H groups in total. The predicted octanol–water partition coefficient (Wildman–Crippen LogP) is 2.05. The molecule has 0 bridgehead atoms. The average molecular weight is 311 g/mol. The number of urea groups is 1. The number of sulfonamides is 1. The van der Waals surface area contributed by atoms with Gasteiger partial charge in [0.1, 0.15) is 0 Å². The number of hydrogen-bond acceptors (Lipinski definition) is 3. The lowest BCUT2D eigenvalue weighted by Crippen LogP contribution is -2.35. The first kappa shape index (κ1) is 15.8. The molecule has 7 heteroatoms. The van der Waals surface area contributed by atoms with Gasteiger partial charge < -0.3 is 10.2 Å². The van der Waals surface area contributed by atoms with Crippen LogP contribution in [0, 0.1) is 6.92 Å². The van der Waals surface area contributed by atoms with Crippen LogP contribution < -0.4 is 10.5 Å². The molecule has 21 heavy (non-hydrogen) atoms. The summed E-state index contributed by atoms with van der Waals surface area (Å²) in [6.45, 7) is 3.11. The summed E-state index contributed by atoms with van der Waals surface area (Å²) >= 11 is 0. The first-order valence-corrected chi connectivity index (χ1v) is 8.62. The summed E-state index contributed by atoms with van der Waals surface area (Å²) in [5.41, 5.74) is 0.943. The summed E-state index contributed by atoms with van der Waals surface area (Å²) in [4.78, 5) is 14.1. The molecule has 1 saturated heterocycles. The first-order valence-electron chi connectivity index (χ1n) is 7.08. The van der Waals surface area contributed by atoms with Crippen LogP contribution in [0.5, 0.6) is 0 Å². The number of primary sulfonamides is 1. The van der Waals surface area contributed by atoms with Gasteiger partial charge >= 0.3 is 6.03 Å². The Balaban J connectivity index is 2.17. The Morgan fingerprint density at radius 3 is 2.38 bits per heavy atom. The highest BCUT2D eigenvalue weighted by Gasteiger charge is 2.18. The van der Waals surface area contributed by atoms with Crippen LogP contribution >= 0.6 is 0 Å². The standard InChI is InChI=1S/C14H21N3O3S/c1-11-12(7-6-8-13(11)21(15,19)20)16-14(18)17-9-4-2-3-5-10-17/h6-8H,2-5,9-10H2,1H3,(H,16,18)(H2,15,19,20). The number of anilines is 1. The smallest absolute Gasteiger partial charge is 0.321 e. The van der Waals surface area contributed by atoms with Gasteiger partial charge in [0.2, 0.25) is 10.0 Å². The highest BCUT2D eigenvalue weighted by molar-refractivity contribution is 7.89. The number of carbonyl (C=O) groups is 1. The van der Waals surface area contributed by atoms with E-state index >= 15 is 0 Å². The maximum absolute atomic E-state index is 12.3. The molecule has 0 unspecified atom stereocenters. The van der Waals surface area contributed by atoms with Crippen LogP contribution in [0.25, 0.3) is 0 Å². The van der Waals surface area contributed by atoms with Gasteiger partial charge in [0, 0.05) is 18.8 Å². The van der Waals surface area contributed by atoms with Crippen molar-refractivity contribution in [1.29, 1.82) is 0 Å². The molecule has 1 aromatic rings. The number of rotatable bonds is 2. The zero-order valence-corrected chi connectivity index (χ0v) is 12.9. The van der Waals surface area contributed by atoms with Crippen LogP contribution in [0.3, 0.4) is 0 Å². The zero-order chi connectivity index (χ0) is 15.5. The maximum Gasteiger partial charge on any atom is 0.321 e. The first-order chi connectivity index (χ1) is 9.89. The summed E-state index contributed by atoms with van der Waals surface area (Å²) in [7, 11) is -3.79. The molecule has 6 nitrogen and oxygen atoms in total. The Morgan fingerprint density at radius 2 is 1.81 bits per heavy atom. The Labute approximate surface area is 125 Å². The molecule has 1 aromatic carbocycles. The largest absolute Gasteiger partial charge is 0.325 e. The van der Waals surface area contributed by atoms with Gasteiger partial charge in [-0.2, -0.15) is 0 Å². The van der Waals surface area contributed by atoms with Gasteiger partial charge in [0.05, 0.1) is 4.90 Å². The minimum absolute atomic E-state index is 0.0381. The quantitative estimate of drug-likeness (QED) is 0.875. The van der Waals surface area contributed by atoms with Crippen LogP contribution in [0.15, 0.2) is 23.1 Å². The van der Waals surface area contributed by atoms with E-state index in [0.717, 1.165) is 38.8 Å². The minimum atomic E-state index is -3.79. The maximum atomic E-state index is 12.3. The lowest BCUT2D eigenvalue weighted by atomic mass is 10.2. The van der Waals surface area contributed by atoms with Crippen molar-refractivity contribution in [1.82, 2.24) is 4.90 Å². The normalized spacial score (nSPS) is 16.4. The van der Waals surface area contributed by atoms with Crippen molar-refractivity contribution in [3.63, 3.8) is 0 Å². The number of amides is 2. The fraction of sp³-hybridized carbons (Fsp3) is 0.500. The van der Waals surface area contributed by atoms with Crippen molar-refractivity contribution in [2.45, 2.75) is 37.5 Å². The summed E-state index contributed by atoms with van der Waals surface area (Å²) < 4.78 is 23.0. The third-order valence-corrected chi connectivity index (χ3v) is 4.78. The number of hydrogen-bond donors (Lipinski definition) is 2. The molecule has 0 aliphatic carbocycles. The Bertz CT molecular complexity index is 620. The van der Waals surface area contributed by atoms with Crippen molar-refractivity contribution in [3.05, 3.63) is 23.8 Å². The van der Waals surface area contributed by atoms with E-state index in [0.29, 0.717) is 11.3 Å². The number of carbonyl (C=O) groups excluding carboxylic acids is 1. The Kier molecular flexibility index (Phi) is 4.84. The molecule has 1 fully saturated rings. The van der Waals surface area contributed by atoms with Crippen molar-refractivity contribution in [2.75, 3.05) is 18.4 Å². The number of nitrogens with one attached hydrogen (secondary N) is 1. The van der Waals surface area contributed by atoms with E-state index in [2.05, 4.69) is 5.32 Å². The summed E-state index contributed by atoms with van der Waals surface area (Å²) in [5, 5.41) is 7.96. The third kappa shape index (κ3) is 3.95. The number of benzene rings is 1. The summed E-state index contributed by atoms with van der Waals surface area (Å²) in [6, 6.07) is 4.50. The molecule has 1 aliphatic heterocycles. The molecule has 0 radical (unpaired) electrons. The topological polar surface area (TPSA) is 92.5 Å². The molecule has 1 heterocycles. The molecule has 0 spiro atoms. The van der Waals surface area contributed by atoms with E-state index in [1.807, 2.05) is 0 Å². The van der Waals surface area contributed by atoms with E-state index in [1.165, 1.54) is 6.07 Å². The van der Waals surface area contributed by atoms with Gasteiger partial charge in [-0.15, -0.1) is 0 Å². The van der Waals surface area contributed by atoms with Crippen LogP contribution in [-0.4, -0.2) is 32.4 Å². The van der Waals surface area contributed by atoms with Crippen molar-refractivity contribution in [3.8, 4) is 0 Å². The van der Waals surface area contributed by atoms with Crippen LogP contribution in [-0.2, 0) is 10.0 Å². The van der Waals surface area contributed by atoms with Crippen molar-refractivity contribution in [2.24, 2.45) is 5.14 Å². The highest BCUT2D eigenvalue weighted by atomic mass is 32.2. The lowest BCUT2D eigenvalue weighted by molar-refractivity contribution is 0.213. The molecule has 0 aromatic heterocycles. The average Bonchev–Trinajstić information content (AvgIpc) is 2.68. The van der Waals surface area contributed by atoms with Crippen molar-refractivity contribution < 1.29 is 13.2 Å². The Morgan fingerprint density at radius 1 is 1.19 bits per heavy atom. The van der Waals surface area contributed by atoms with Gasteiger partial charge in [-0.25, -0.2) is 18.4 Å². The zero-order valence-electron chi connectivity index (χ0n) is 12.1. The second-order valence-corrected chi connectivity index (χ2v) is 6.83. The van der Waals surface area contributed by atoms with E-state index in [9.17, 15) is 13.2 Å². The Hall–Kier alpha value is -1.60. The molecular weight excluding hydrogens is 290 g/mol. The fourth-order valence-electron chi connectivity index (χ4n) is 2.53. The predicted molar refractivity (Wildman–Crippen MR) is 81.6 cm³/mol. The van der Waals surface area contributed by atoms with Crippen LogP contribution in [0.4, 0.5) is 10.5 Å². The van der Waals surface area contributed by atoms with Gasteiger partial charge in [-0.05, 0) is 37.5 Å². The molecule has 2 amide bonds. The van der Waals surface area contributed by atoms with Gasteiger partial charge in [-0.1, -0.05) is 18.9 Å². The number of likely N-dealkylation sites (tertiary alicyclic amines) is 1. The van der Waals surface area contributed by atoms with Gasteiger partial charge in [0.15, 0.2) is 0 Å². The second-order valence-electron chi connectivity index (χ2n) is 5.31. The van der Waals surface area contributed by atoms with E-state index in [1.54, 1.807) is 24.0 Å². The number of nitrogens with zero attached hydrogens (tertiary/aromatic N) is 1. The molecular formula is C14H21N3O3S. The summed E-state index contributed by atoms with van der Waals surface area (Å²) in [6.07, 6.45) is 4.29. The van der Waals surface area contributed by atoms with E-state index < -0.39 is 10.0 Å². The SMILES string of the molecule is Cc1c(NC(=O)N2CCCCCC2)cccc1S(N)(=O)=O. The van der Waals surface area contributed by atoms with E-state index in [4.69, 9.17) is 5.14 Å². The lowest BCUT2D eigenvalue weighted by Gasteiger charge is -2.21.